The van der Waals surface area contributed by atoms with E-state index >= 15 is 0 Å². The highest BCUT2D eigenvalue weighted by Crippen LogP contribution is 2.16. The number of rotatable bonds is 4. The van der Waals surface area contributed by atoms with Crippen LogP contribution < -0.4 is 15.4 Å². The topological polar surface area (TPSA) is 102 Å². The van der Waals surface area contributed by atoms with Crippen molar-refractivity contribution in [3.63, 3.8) is 0 Å². The number of nitrogens with zero attached hydrogens (tertiary/aromatic N) is 4. The summed E-state index contributed by atoms with van der Waals surface area (Å²) < 4.78 is 5.01. The molecule has 0 spiro atoms. The number of methoxy groups -OCH3 is 1. The molecule has 1 amide bonds. The van der Waals surface area contributed by atoms with Crippen molar-refractivity contribution in [1.29, 1.82) is 0 Å². The van der Waals surface area contributed by atoms with Gasteiger partial charge in [-0.1, -0.05) is 11.3 Å². The van der Waals surface area contributed by atoms with Gasteiger partial charge in [-0.2, -0.15) is 4.98 Å². The number of hydrogen-bond acceptors (Lipinski definition) is 8. The maximum atomic E-state index is 11.9. The molecule has 8 nitrogen and oxygen atoms in total. The average Bonchev–Trinajstić information content (AvgIpc) is 2.86. The molecule has 0 fully saturated rings. The van der Waals surface area contributed by atoms with Crippen LogP contribution in [-0.2, 0) is 0 Å². The number of aryl methyl sites for hydroxylation is 1. The second kappa shape index (κ2) is 5.57. The van der Waals surface area contributed by atoms with E-state index < -0.39 is 5.91 Å². The third kappa shape index (κ3) is 3.13. The van der Waals surface area contributed by atoms with E-state index in [0.717, 1.165) is 11.3 Å². The first-order valence-corrected chi connectivity index (χ1v) is 6.16. The molecule has 0 bridgehead atoms. The van der Waals surface area contributed by atoms with E-state index in [9.17, 15) is 4.79 Å². The molecule has 0 atom stereocenters. The van der Waals surface area contributed by atoms with Gasteiger partial charge in [-0.05, 0) is 6.92 Å². The number of carbonyl (C=O) groups excluding carboxylic acids is 1. The minimum atomic E-state index is -0.411. The maximum Gasteiger partial charge on any atom is 0.289 e. The molecule has 2 aromatic heterocycles. The molecule has 0 aromatic carbocycles. The van der Waals surface area contributed by atoms with E-state index in [1.54, 1.807) is 20.0 Å². The predicted octanol–water partition coefficient (Wildman–Crippen LogP) is 0.939. The Labute approximate surface area is 113 Å². The monoisotopic (exact) mass is 280 g/mol. The Morgan fingerprint density at radius 3 is 2.79 bits per heavy atom. The molecule has 0 aliphatic rings. The SMILES string of the molecule is CNc1nnc(C(=O)Nc2nc(C)cc(OC)n2)s1. The molecule has 0 saturated carbocycles. The Bertz CT molecular complexity index is 599. The van der Waals surface area contributed by atoms with E-state index in [1.165, 1.54) is 7.11 Å². The van der Waals surface area contributed by atoms with Gasteiger partial charge >= 0.3 is 0 Å². The van der Waals surface area contributed by atoms with E-state index in [-0.39, 0.29) is 11.0 Å². The number of anilines is 2. The van der Waals surface area contributed by atoms with Crippen LogP contribution in [0.4, 0.5) is 11.1 Å². The van der Waals surface area contributed by atoms with E-state index in [2.05, 4.69) is 30.8 Å². The highest BCUT2D eigenvalue weighted by atomic mass is 32.1. The second-order valence-corrected chi connectivity index (χ2v) is 4.47. The third-order valence-corrected chi connectivity index (χ3v) is 3.04. The van der Waals surface area contributed by atoms with Crippen LogP contribution in [0.25, 0.3) is 0 Å². The lowest BCUT2D eigenvalue weighted by Crippen LogP contribution is -2.14. The quantitative estimate of drug-likeness (QED) is 0.859. The van der Waals surface area contributed by atoms with Gasteiger partial charge in [0.25, 0.3) is 5.91 Å². The molecule has 0 aliphatic heterocycles. The fourth-order valence-electron chi connectivity index (χ4n) is 1.27. The first-order valence-electron chi connectivity index (χ1n) is 5.34. The predicted molar refractivity (Wildman–Crippen MR) is 70.7 cm³/mol. The third-order valence-electron chi connectivity index (χ3n) is 2.10. The van der Waals surface area contributed by atoms with E-state index in [1.807, 2.05) is 0 Å². The van der Waals surface area contributed by atoms with E-state index in [0.29, 0.717) is 16.7 Å². The summed E-state index contributed by atoms with van der Waals surface area (Å²) in [7, 11) is 3.20. The molecule has 0 saturated heterocycles. The first-order chi connectivity index (χ1) is 9.12. The summed E-state index contributed by atoms with van der Waals surface area (Å²) in [4.78, 5) is 20.0. The zero-order valence-corrected chi connectivity index (χ0v) is 11.4. The Morgan fingerprint density at radius 2 is 2.16 bits per heavy atom. The number of ether oxygens (including phenoxy) is 1. The minimum Gasteiger partial charge on any atom is -0.481 e. The molecular weight excluding hydrogens is 268 g/mol. The highest BCUT2D eigenvalue weighted by molar-refractivity contribution is 7.17. The van der Waals surface area contributed by atoms with Crippen LogP contribution in [0.3, 0.4) is 0 Å². The van der Waals surface area contributed by atoms with Crippen molar-refractivity contribution in [1.82, 2.24) is 20.2 Å². The van der Waals surface area contributed by atoms with Gasteiger partial charge in [0.1, 0.15) is 0 Å². The zero-order valence-electron chi connectivity index (χ0n) is 10.6. The Hall–Kier alpha value is -2.29. The molecular formula is C10H12N6O2S. The average molecular weight is 280 g/mol. The molecule has 2 N–H and O–H groups in total. The summed E-state index contributed by atoms with van der Waals surface area (Å²) in [5, 5.41) is 13.7. The smallest absolute Gasteiger partial charge is 0.289 e. The van der Waals surface area contributed by atoms with Gasteiger partial charge in [0, 0.05) is 18.8 Å². The molecule has 0 radical (unpaired) electrons. The zero-order chi connectivity index (χ0) is 13.8. The molecule has 0 unspecified atom stereocenters. The molecule has 100 valence electrons. The van der Waals surface area contributed by atoms with Crippen molar-refractivity contribution in [2.45, 2.75) is 6.92 Å². The summed E-state index contributed by atoms with van der Waals surface area (Å²) in [5.41, 5.74) is 0.690. The second-order valence-electron chi connectivity index (χ2n) is 3.49. The van der Waals surface area contributed by atoms with Crippen molar-refractivity contribution in [2.75, 3.05) is 24.8 Å². The van der Waals surface area contributed by atoms with Crippen LogP contribution in [-0.4, -0.2) is 40.2 Å². The van der Waals surface area contributed by atoms with Crippen LogP contribution in [0.5, 0.6) is 5.88 Å². The number of carbonyl (C=O) groups is 1. The van der Waals surface area contributed by atoms with Crippen LogP contribution in [0.2, 0.25) is 0 Å². The van der Waals surface area contributed by atoms with Crippen LogP contribution in [0.1, 0.15) is 15.5 Å². The van der Waals surface area contributed by atoms with Crippen LogP contribution >= 0.6 is 11.3 Å². The van der Waals surface area contributed by atoms with Crippen molar-refractivity contribution >= 4 is 28.3 Å². The highest BCUT2D eigenvalue weighted by Gasteiger charge is 2.14. The van der Waals surface area contributed by atoms with Gasteiger partial charge in [0.15, 0.2) is 0 Å². The fourth-order valence-corrected chi connectivity index (χ4v) is 1.86. The Morgan fingerprint density at radius 1 is 1.37 bits per heavy atom. The van der Waals surface area contributed by atoms with Gasteiger partial charge < -0.3 is 10.1 Å². The van der Waals surface area contributed by atoms with Crippen molar-refractivity contribution in [3.8, 4) is 5.88 Å². The van der Waals surface area contributed by atoms with Gasteiger partial charge in [0.05, 0.1) is 7.11 Å². The van der Waals surface area contributed by atoms with Gasteiger partial charge in [-0.25, -0.2) is 4.98 Å². The van der Waals surface area contributed by atoms with E-state index in [4.69, 9.17) is 4.74 Å². The Balaban J connectivity index is 2.16. The van der Waals surface area contributed by atoms with Crippen LogP contribution in [0.15, 0.2) is 6.07 Å². The number of hydrogen-bond donors (Lipinski definition) is 2. The standard InChI is InChI=1S/C10H12N6O2S/c1-5-4-6(18-3)13-9(12-5)14-7(17)8-15-16-10(11-2)19-8/h4H,1-3H3,(H,11,16)(H,12,13,14,17). The molecule has 2 rings (SSSR count). The van der Waals surface area contributed by atoms with Crippen LogP contribution in [0, 0.1) is 6.92 Å². The first kappa shape index (κ1) is 13.1. The maximum absolute atomic E-state index is 11.9. The van der Waals surface area contributed by atoms with Crippen molar-refractivity contribution in [2.24, 2.45) is 0 Å². The summed E-state index contributed by atoms with van der Waals surface area (Å²) in [6.45, 7) is 1.78. The van der Waals surface area contributed by atoms with Gasteiger partial charge in [0.2, 0.25) is 22.0 Å². The fraction of sp³-hybridized carbons (Fsp3) is 0.300. The summed E-state index contributed by atoms with van der Waals surface area (Å²) in [5.74, 6) is 0.144. The molecule has 0 aliphatic carbocycles. The summed E-state index contributed by atoms with van der Waals surface area (Å²) in [6.07, 6.45) is 0. The largest absolute Gasteiger partial charge is 0.481 e. The molecule has 9 heteroatoms. The molecule has 19 heavy (non-hydrogen) atoms. The number of aromatic nitrogens is 4. The van der Waals surface area contributed by atoms with Crippen molar-refractivity contribution in [3.05, 3.63) is 16.8 Å². The molecule has 2 heterocycles. The normalized spacial score (nSPS) is 10.1. The molecule has 2 aromatic rings. The minimum absolute atomic E-state index is 0.169. The van der Waals surface area contributed by atoms with Gasteiger partial charge in [-0.3, -0.25) is 10.1 Å². The lowest BCUT2D eigenvalue weighted by molar-refractivity contribution is 0.102. The Kier molecular flexibility index (Phi) is 3.85. The number of amides is 1. The summed E-state index contributed by atoms with van der Waals surface area (Å²) >= 11 is 1.14. The summed E-state index contributed by atoms with van der Waals surface area (Å²) in [6, 6.07) is 1.67. The number of nitrogens with one attached hydrogen (secondary N) is 2. The lowest BCUT2D eigenvalue weighted by Gasteiger charge is -2.04. The van der Waals surface area contributed by atoms with Gasteiger partial charge in [-0.15, -0.1) is 10.2 Å². The lowest BCUT2D eigenvalue weighted by atomic mass is 10.4. The van der Waals surface area contributed by atoms with Crippen molar-refractivity contribution < 1.29 is 9.53 Å².